The van der Waals surface area contributed by atoms with Gasteiger partial charge in [-0.3, -0.25) is 9.59 Å². The standard InChI is InChI=1S/C50H58N6O4/c57-47(23-31-15-19-59-20-16-31)55-43-5-1-3-39(43)27-45(55)49-51-29-41(53-49)34-9-7-33(8-10-34)35-11-12-37-26-38(14-13-36(37)25-35)42-30-52-50(54-42)46-28-40-4-2-6-44(40)56(46)48(58)24-32-17-21-60-22-18-32/h7-14,25-26,29-32,39-40,43-46H,1-6,15-24,27-28H2,(H,51,53)(H,52,54)/t39-,40-,43-,44-,45-,46-/m0/s1. The maximum Gasteiger partial charge on any atom is 0.223 e. The Labute approximate surface area is 352 Å². The zero-order valence-electron chi connectivity index (χ0n) is 34.7. The molecule has 10 nitrogen and oxygen atoms in total. The van der Waals surface area contributed by atoms with Gasteiger partial charge >= 0.3 is 0 Å². The SMILES string of the molecule is O=C(CC1CCOCC1)N1[C@H](c2ncc(-c3ccc(-c4ccc5cc(-c6cnc([C@@H]7C[C@@H]8CCC[C@@H]8N7C(=O)CC7CCOCC7)[nH]6)ccc5c4)cc3)[nH]2)C[C@@H]2CCC[C@@H]21. The second kappa shape index (κ2) is 16.2. The number of aromatic amines is 2. The Morgan fingerprint density at radius 3 is 1.53 bits per heavy atom. The zero-order chi connectivity index (χ0) is 40.2. The van der Waals surface area contributed by atoms with E-state index in [1.807, 2.05) is 12.4 Å². The fourth-order valence-electron chi connectivity index (χ4n) is 12.1. The molecular formula is C50H58N6O4. The third kappa shape index (κ3) is 7.27. The van der Waals surface area contributed by atoms with Gasteiger partial charge in [0.1, 0.15) is 11.6 Å². The van der Waals surface area contributed by atoms with E-state index in [0.29, 0.717) is 60.4 Å². The third-order valence-electron chi connectivity index (χ3n) is 15.4. The number of rotatable bonds is 9. The highest BCUT2D eigenvalue weighted by Crippen LogP contribution is 2.49. The molecule has 2 aromatic heterocycles. The summed E-state index contributed by atoms with van der Waals surface area (Å²) in [4.78, 5) is 49.2. The smallest absolute Gasteiger partial charge is 0.223 e. The van der Waals surface area contributed by atoms with Crippen LogP contribution in [0.3, 0.4) is 0 Å². The lowest BCUT2D eigenvalue weighted by molar-refractivity contribution is -0.137. The zero-order valence-corrected chi connectivity index (χ0v) is 34.7. The number of hydrogen-bond donors (Lipinski definition) is 2. The summed E-state index contributed by atoms with van der Waals surface area (Å²) in [6.07, 6.45) is 18.1. The number of hydrogen-bond acceptors (Lipinski definition) is 6. The third-order valence-corrected chi connectivity index (χ3v) is 15.4. The number of fused-ring (bicyclic) bond motifs is 3. The van der Waals surface area contributed by atoms with E-state index in [1.165, 1.54) is 42.0 Å². The number of ether oxygens (including phenoxy) is 2. The number of nitrogens with one attached hydrogen (secondary N) is 2. The quantitative estimate of drug-likeness (QED) is 0.153. The molecule has 10 heteroatoms. The Balaban J connectivity index is 0.772. The highest BCUT2D eigenvalue weighted by atomic mass is 16.5. The minimum absolute atomic E-state index is 0.0198. The van der Waals surface area contributed by atoms with E-state index in [0.717, 1.165) is 118 Å². The van der Waals surface area contributed by atoms with Crippen LogP contribution in [-0.4, -0.2) is 80.1 Å². The lowest BCUT2D eigenvalue weighted by Crippen LogP contribution is -2.39. The van der Waals surface area contributed by atoms with Gasteiger partial charge < -0.3 is 29.2 Å². The molecule has 4 aliphatic heterocycles. The van der Waals surface area contributed by atoms with Crippen molar-refractivity contribution in [2.45, 2.75) is 114 Å². The van der Waals surface area contributed by atoms with Gasteiger partial charge in [-0.1, -0.05) is 61.4 Å². The summed E-state index contributed by atoms with van der Waals surface area (Å²) in [7, 11) is 0. The second-order valence-electron chi connectivity index (χ2n) is 18.9. The molecular weight excluding hydrogens is 749 g/mol. The molecule has 2 N–H and O–H groups in total. The lowest BCUT2D eigenvalue weighted by Gasteiger charge is -2.31. The number of imidazole rings is 2. The molecule has 2 aliphatic carbocycles. The highest BCUT2D eigenvalue weighted by Gasteiger charge is 2.49. The van der Waals surface area contributed by atoms with E-state index in [9.17, 15) is 9.59 Å². The van der Waals surface area contributed by atoms with Crippen molar-refractivity contribution in [2.75, 3.05) is 26.4 Å². The van der Waals surface area contributed by atoms with Crippen LogP contribution in [0, 0.1) is 23.7 Å². The first-order chi connectivity index (χ1) is 29.5. The predicted octanol–water partition coefficient (Wildman–Crippen LogP) is 9.80. The summed E-state index contributed by atoms with van der Waals surface area (Å²) in [5.41, 5.74) is 6.50. The van der Waals surface area contributed by atoms with Gasteiger partial charge in [-0.15, -0.1) is 0 Å². The largest absolute Gasteiger partial charge is 0.381 e. The Kier molecular flexibility index (Phi) is 10.3. The molecule has 3 aromatic carbocycles. The Hall–Kier alpha value is -4.80. The number of amides is 2. The molecule has 6 atom stereocenters. The van der Waals surface area contributed by atoms with E-state index < -0.39 is 0 Å². The molecule has 6 fully saturated rings. The Bertz CT molecular complexity index is 2340. The van der Waals surface area contributed by atoms with Crippen LogP contribution in [0.15, 0.2) is 73.1 Å². The molecule has 2 amide bonds. The molecule has 5 aromatic rings. The molecule has 6 aliphatic rings. The summed E-state index contributed by atoms with van der Waals surface area (Å²) in [5, 5.41) is 2.36. The van der Waals surface area contributed by atoms with Gasteiger partial charge in [0.2, 0.25) is 11.8 Å². The molecule has 0 bridgehead atoms. The molecule has 0 spiro atoms. The number of carbonyl (C=O) groups excluding carboxylic acids is 2. The second-order valence-corrected chi connectivity index (χ2v) is 18.9. The van der Waals surface area contributed by atoms with E-state index in [1.54, 1.807) is 0 Å². The fraction of sp³-hybridized carbons (Fsp3) is 0.520. The lowest BCUT2D eigenvalue weighted by atomic mass is 9.95. The summed E-state index contributed by atoms with van der Waals surface area (Å²) in [6.45, 7) is 3.08. The van der Waals surface area contributed by atoms with E-state index in [-0.39, 0.29) is 12.1 Å². The molecule has 11 rings (SSSR count). The van der Waals surface area contributed by atoms with E-state index >= 15 is 0 Å². The minimum Gasteiger partial charge on any atom is -0.381 e. The molecule has 6 heterocycles. The molecule has 0 radical (unpaired) electrons. The molecule has 0 unspecified atom stereocenters. The van der Waals surface area contributed by atoms with Gasteiger partial charge in [-0.05, 0) is 127 Å². The van der Waals surface area contributed by atoms with Crippen LogP contribution in [0.4, 0.5) is 0 Å². The first-order valence-corrected chi connectivity index (χ1v) is 23.0. The van der Waals surface area contributed by atoms with Gasteiger partial charge in [0.05, 0.1) is 35.9 Å². The summed E-state index contributed by atoms with van der Waals surface area (Å²) in [6, 6.07) is 22.8. The van der Waals surface area contributed by atoms with Gasteiger partial charge in [-0.25, -0.2) is 9.97 Å². The summed E-state index contributed by atoms with van der Waals surface area (Å²) in [5.74, 6) is 4.44. The minimum atomic E-state index is 0.0198. The van der Waals surface area contributed by atoms with Crippen molar-refractivity contribution in [3.05, 3.63) is 84.7 Å². The maximum absolute atomic E-state index is 13.9. The van der Waals surface area contributed by atoms with Crippen LogP contribution >= 0.6 is 0 Å². The van der Waals surface area contributed by atoms with Crippen molar-refractivity contribution in [1.29, 1.82) is 0 Å². The molecule has 312 valence electrons. The van der Waals surface area contributed by atoms with Gasteiger partial charge in [0.25, 0.3) is 0 Å². The van der Waals surface area contributed by atoms with Crippen molar-refractivity contribution in [3.8, 4) is 33.6 Å². The average molecular weight is 807 g/mol. The number of carbonyl (C=O) groups is 2. The van der Waals surface area contributed by atoms with Crippen molar-refractivity contribution >= 4 is 22.6 Å². The number of likely N-dealkylation sites (tertiary alicyclic amines) is 2. The predicted molar refractivity (Wildman–Crippen MR) is 232 cm³/mol. The Morgan fingerprint density at radius 1 is 0.550 bits per heavy atom. The van der Waals surface area contributed by atoms with Crippen molar-refractivity contribution in [1.82, 2.24) is 29.7 Å². The number of aromatic nitrogens is 4. The average Bonchev–Trinajstić information content (AvgIpc) is 4.14. The van der Waals surface area contributed by atoms with Crippen LogP contribution in [-0.2, 0) is 19.1 Å². The van der Waals surface area contributed by atoms with E-state index in [4.69, 9.17) is 19.4 Å². The summed E-state index contributed by atoms with van der Waals surface area (Å²) >= 11 is 0. The van der Waals surface area contributed by atoms with Crippen LogP contribution < -0.4 is 0 Å². The van der Waals surface area contributed by atoms with Gasteiger partial charge in [-0.2, -0.15) is 0 Å². The normalized spacial score (nSPS) is 27.2. The van der Waals surface area contributed by atoms with Crippen LogP contribution in [0.1, 0.15) is 114 Å². The highest BCUT2D eigenvalue weighted by molar-refractivity contribution is 5.90. The fourth-order valence-corrected chi connectivity index (χ4v) is 12.1. The first-order valence-electron chi connectivity index (χ1n) is 23.0. The Morgan fingerprint density at radius 2 is 1.00 bits per heavy atom. The monoisotopic (exact) mass is 806 g/mol. The summed E-state index contributed by atoms with van der Waals surface area (Å²) < 4.78 is 11.1. The maximum atomic E-state index is 13.9. The topological polar surface area (TPSA) is 116 Å². The van der Waals surface area contributed by atoms with Crippen molar-refractivity contribution in [3.63, 3.8) is 0 Å². The molecule has 2 saturated carbocycles. The van der Waals surface area contributed by atoms with Crippen LogP contribution in [0.5, 0.6) is 0 Å². The van der Waals surface area contributed by atoms with E-state index in [2.05, 4.69) is 80.4 Å². The van der Waals surface area contributed by atoms with Crippen LogP contribution in [0.2, 0.25) is 0 Å². The number of nitrogens with zero attached hydrogens (tertiary/aromatic N) is 4. The van der Waals surface area contributed by atoms with Crippen LogP contribution in [0.25, 0.3) is 44.4 Å². The van der Waals surface area contributed by atoms with Gasteiger partial charge in [0, 0.05) is 56.9 Å². The van der Waals surface area contributed by atoms with Crippen molar-refractivity contribution in [2.24, 2.45) is 23.7 Å². The number of H-pyrrole nitrogens is 2. The molecule has 4 saturated heterocycles. The molecule has 60 heavy (non-hydrogen) atoms. The first kappa shape index (κ1) is 38.1. The van der Waals surface area contributed by atoms with Crippen molar-refractivity contribution < 1.29 is 19.1 Å². The van der Waals surface area contributed by atoms with Gasteiger partial charge in [0.15, 0.2) is 0 Å². The number of benzene rings is 3.